The molecule has 1 fully saturated rings. The van der Waals surface area contributed by atoms with Crippen molar-refractivity contribution in [3.8, 4) is 0 Å². The van der Waals surface area contributed by atoms with Gasteiger partial charge in [-0.15, -0.1) is 0 Å². The molecule has 0 saturated carbocycles. The molecule has 134 valence electrons. The zero-order valence-corrected chi connectivity index (χ0v) is 14.9. The molecule has 1 aromatic heterocycles. The molecule has 0 radical (unpaired) electrons. The van der Waals surface area contributed by atoms with Crippen LogP contribution in [-0.2, 0) is 22.0 Å². The Bertz CT molecular complexity index is 766. The summed E-state index contributed by atoms with van der Waals surface area (Å²) >= 11 is 0. The molecule has 0 unspecified atom stereocenters. The lowest BCUT2D eigenvalue weighted by Gasteiger charge is -2.37. The predicted octanol–water partition coefficient (Wildman–Crippen LogP) is 2.79. The van der Waals surface area contributed by atoms with Gasteiger partial charge in [0.1, 0.15) is 5.82 Å². The number of carbonyl (C=O) groups is 1. The summed E-state index contributed by atoms with van der Waals surface area (Å²) in [5.74, 6) is -0.499. The Hall–Kier alpha value is -2.21. The number of nitrogens with zero attached hydrogens (tertiary/aromatic N) is 2. The Morgan fingerprint density at radius 3 is 2.64 bits per heavy atom. The Balaban J connectivity index is 1.90. The van der Waals surface area contributed by atoms with Crippen LogP contribution in [0.3, 0.4) is 0 Å². The second-order valence-corrected chi connectivity index (χ2v) is 6.71. The van der Waals surface area contributed by atoms with Crippen LogP contribution in [0.25, 0.3) is 0 Å². The number of hydrogen-bond donors (Lipinski definition) is 1. The van der Waals surface area contributed by atoms with Crippen molar-refractivity contribution in [2.45, 2.75) is 38.1 Å². The third-order valence-corrected chi connectivity index (χ3v) is 5.04. The van der Waals surface area contributed by atoms with Gasteiger partial charge in [-0.25, -0.2) is 4.39 Å². The van der Waals surface area contributed by atoms with Crippen molar-refractivity contribution in [3.63, 3.8) is 0 Å². The minimum absolute atomic E-state index is 0.156. The summed E-state index contributed by atoms with van der Waals surface area (Å²) in [5, 5.41) is 7.40. The van der Waals surface area contributed by atoms with Gasteiger partial charge in [0, 0.05) is 37.6 Å². The van der Waals surface area contributed by atoms with Gasteiger partial charge in [0.05, 0.1) is 17.2 Å². The van der Waals surface area contributed by atoms with E-state index < -0.39 is 5.41 Å². The first kappa shape index (κ1) is 17.6. The molecule has 0 bridgehead atoms. The van der Waals surface area contributed by atoms with Crippen LogP contribution in [0.1, 0.15) is 42.6 Å². The van der Waals surface area contributed by atoms with Crippen molar-refractivity contribution in [2.75, 3.05) is 13.2 Å². The van der Waals surface area contributed by atoms with E-state index in [1.165, 1.54) is 6.07 Å². The van der Waals surface area contributed by atoms with Gasteiger partial charge < -0.3 is 10.1 Å². The summed E-state index contributed by atoms with van der Waals surface area (Å²) in [6.45, 7) is 4.74. The van der Waals surface area contributed by atoms with Gasteiger partial charge in [0.2, 0.25) is 5.91 Å². The number of ether oxygens (including phenoxy) is 1. The summed E-state index contributed by atoms with van der Waals surface area (Å²) in [7, 11) is 1.85. The number of aromatic nitrogens is 2. The topological polar surface area (TPSA) is 56.2 Å². The molecule has 1 aliphatic rings. The monoisotopic (exact) mass is 345 g/mol. The quantitative estimate of drug-likeness (QED) is 0.927. The highest BCUT2D eigenvalue weighted by Crippen LogP contribution is 2.37. The molecule has 1 aromatic carbocycles. The first-order valence-corrected chi connectivity index (χ1v) is 8.58. The number of benzene rings is 1. The molecule has 1 aliphatic heterocycles. The van der Waals surface area contributed by atoms with Crippen molar-refractivity contribution >= 4 is 5.91 Å². The van der Waals surface area contributed by atoms with Crippen LogP contribution in [0.4, 0.5) is 4.39 Å². The number of hydrogen-bond acceptors (Lipinski definition) is 3. The number of amides is 1. The van der Waals surface area contributed by atoms with Crippen LogP contribution >= 0.6 is 0 Å². The van der Waals surface area contributed by atoms with E-state index in [1.807, 2.05) is 27.1 Å². The zero-order valence-electron chi connectivity index (χ0n) is 14.9. The van der Waals surface area contributed by atoms with Crippen molar-refractivity contribution < 1.29 is 13.9 Å². The first-order valence-electron chi connectivity index (χ1n) is 8.58. The fourth-order valence-corrected chi connectivity index (χ4v) is 3.64. The lowest BCUT2D eigenvalue weighted by molar-refractivity contribution is -0.131. The van der Waals surface area contributed by atoms with Gasteiger partial charge in [-0.05, 0) is 32.8 Å². The third-order valence-electron chi connectivity index (χ3n) is 5.04. The third kappa shape index (κ3) is 3.31. The van der Waals surface area contributed by atoms with Crippen LogP contribution in [0.15, 0.2) is 30.5 Å². The Labute approximate surface area is 147 Å². The molecule has 2 aromatic rings. The van der Waals surface area contributed by atoms with E-state index >= 15 is 0 Å². The smallest absolute Gasteiger partial charge is 0.231 e. The number of carbonyl (C=O) groups excluding carboxylic acids is 1. The summed E-state index contributed by atoms with van der Waals surface area (Å²) in [4.78, 5) is 13.2. The van der Waals surface area contributed by atoms with Crippen LogP contribution < -0.4 is 5.32 Å². The highest BCUT2D eigenvalue weighted by molar-refractivity contribution is 5.88. The molecule has 1 atom stereocenters. The van der Waals surface area contributed by atoms with E-state index in [9.17, 15) is 9.18 Å². The standard InChI is InChI=1S/C19H24FN3O2/c1-13(15-12-23(3)22-14(15)2)21-18(24)19(8-10-25-11-9-19)16-6-4-5-7-17(16)20/h4-7,12-13H,8-11H2,1-3H3,(H,21,24)/t13-/m1/s1. The predicted molar refractivity (Wildman–Crippen MR) is 92.6 cm³/mol. The van der Waals surface area contributed by atoms with Gasteiger partial charge >= 0.3 is 0 Å². The van der Waals surface area contributed by atoms with Gasteiger partial charge in [-0.3, -0.25) is 9.48 Å². The Morgan fingerprint density at radius 1 is 1.36 bits per heavy atom. The van der Waals surface area contributed by atoms with Crippen molar-refractivity contribution in [1.82, 2.24) is 15.1 Å². The molecule has 5 nitrogen and oxygen atoms in total. The number of nitrogens with one attached hydrogen (secondary N) is 1. The molecule has 1 saturated heterocycles. The molecule has 3 rings (SSSR count). The molecule has 0 aliphatic carbocycles. The molecule has 25 heavy (non-hydrogen) atoms. The number of halogens is 1. The van der Waals surface area contributed by atoms with E-state index in [1.54, 1.807) is 22.9 Å². The van der Waals surface area contributed by atoms with Crippen LogP contribution in [0.5, 0.6) is 0 Å². The lowest BCUT2D eigenvalue weighted by atomic mass is 9.73. The SMILES string of the molecule is Cc1nn(C)cc1[C@@H](C)NC(=O)C1(c2ccccc2F)CCOCC1. The van der Waals surface area contributed by atoms with Gasteiger partial charge in [-0.2, -0.15) is 5.10 Å². The lowest BCUT2D eigenvalue weighted by Crippen LogP contribution is -2.49. The average Bonchev–Trinajstić information content (AvgIpc) is 2.94. The molecular weight excluding hydrogens is 321 g/mol. The number of aryl methyl sites for hydroxylation is 2. The van der Waals surface area contributed by atoms with Gasteiger partial charge in [0.25, 0.3) is 0 Å². The normalized spacial score (nSPS) is 17.9. The summed E-state index contributed by atoms with van der Waals surface area (Å²) in [6.07, 6.45) is 2.84. The van der Waals surface area contributed by atoms with Crippen molar-refractivity contribution in [2.24, 2.45) is 7.05 Å². The zero-order chi connectivity index (χ0) is 18.0. The minimum Gasteiger partial charge on any atom is -0.381 e. The maximum absolute atomic E-state index is 14.5. The van der Waals surface area contributed by atoms with Crippen LogP contribution in [0, 0.1) is 12.7 Å². The van der Waals surface area contributed by atoms with Gasteiger partial charge in [0.15, 0.2) is 0 Å². The summed E-state index contributed by atoms with van der Waals surface area (Å²) in [6, 6.07) is 6.34. The van der Waals surface area contributed by atoms with Crippen LogP contribution in [-0.4, -0.2) is 28.9 Å². The Kier molecular flexibility index (Phi) is 4.90. The highest BCUT2D eigenvalue weighted by Gasteiger charge is 2.43. The van der Waals surface area contributed by atoms with E-state index in [2.05, 4.69) is 10.4 Å². The average molecular weight is 345 g/mol. The summed E-state index contributed by atoms with van der Waals surface area (Å²) in [5.41, 5.74) is 1.40. The summed E-state index contributed by atoms with van der Waals surface area (Å²) < 4.78 is 21.6. The largest absolute Gasteiger partial charge is 0.381 e. The second kappa shape index (κ2) is 6.96. The molecule has 1 amide bonds. The second-order valence-electron chi connectivity index (χ2n) is 6.71. The minimum atomic E-state index is -0.895. The molecule has 6 heteroatoms. The van der Waals surface area contributed by atoms with Gasteiger partial charge in [-0.1, -0.05) is 18.2 Å². The highest BCUT2D eigenvalue weighted by atomic mass is 19.1. The maximum atomic E-state index is 14.5. The van der Waals surface area contributed by atoms with Crippen molar-refractivity contribution in [1.29, 1.82) is 0 Å². The molecular formula is C19H24FN3O2. The van der Waals surface area contributed by atoms with E-state index in [0.717, 1.165) is 11.3 Å². The van der Waals surface area contributed by atoms with E-state index in [0.29, 0.717) is 31.6 Å². The first-order chi connectivity index (χ1) is 11.9. The van der Waals surface area contributed by atoms with Crippen LogP contribution in [0.2, 0.25) is 0 Å². The maximum Gasteiger partial charge on any atom is 0.231 e. The van der Waals surface area contributed by atoms with E-state index in [-0.39, 0.29) is 17.8 Å². The molecule has 1 N–H and O–H groups in total. The van der Waals surface area contributed by atoms with Crippen molar-refractivity contribution in [3.05, 3.63) is 53.1 Å². The van der Waals surface area contributed by atoms with E-state index in [4.69, 9.17) is 4.74 Å². The number of rotatable bonds is 4. The Morgan fingerprint density at radius 2 is 2.04 bits per heavy atom. The fourth-order valence-electron chi connectivity index (χ4n) is 3.64. The fraction of sp³-hybridized carbons (Fsp3) is 0.474. The molecule has 2 heterocycles. The molecule has 0 spiro atoms.